The zero-order chi connectivity index (χ0) is 22.6. The summed E-state index contributed by atoms with van der Waals surface area (Å²) in [5.74, 6) is 1.33. The number of carbonyl (C=O) groups excluding carboxylic acids is 1. The number of imidazole rings is 1. The maximum atomic E-state index is 11.3. The van der Waals surface area contributed by atoms with Gasteiger partial charge in [-0.2, -0.15) is 9.97 Å². The van der Waals surface area contributed by atoms with E-state index >= 15 is 0 Å². The normalized spacial score (nSPS) is 10.7. The summed E-state index contributed by atoms with van der Waals surface area (Å²) in [6.45, 7) is 1.47. The Bertz CT molecular complexity index is 1400. The number of carbonyl (C=O) groups is 1. The van der Waals surface area contributed by atoms with Crippen LogP contribution in [0.15, 0.2) is 79.5 Å². The summed E-state index contributed by atoms with van der Waals surface area (Å²) in [6, 6.07) is 18.9. The van der Waals surface area contributed by atoms with E-state index in [1.54, 1.807) is 18.6 Å². The highest BCUT2D eigenvalue weighted by atomic mass is 16.1. The monoisotopic (exact) mass is 437 g/mol. The van der Waals surface area contributed by atoms with Crippen LogP contribution in [-0.4, -0.2) is 35.4 Å². The highest BCUT2D eigenvalue weighted by Gasteiger charge is 2.15. The molecular formula is C23H19N9O. The van der Waals surface area contributed by atoms with Crippen molar-refractivity contribution in [3.63, 3.8) is 0 Å². The Morgan fingerprint density at radius 2 is 1.67 bits per heavy atom. The third-order valence-electron chi connectivity index (χ3n) is 4.72. The van der Waals surface area contributed by atoms with Crippen molar-refractivity contribution in [2.45, 2.75) is 6.92 Å². The van der Waals surface area contributed by atoms with Crippen LogP contribution in [0.2, 0.25) is 0 Å². The quantitative estimate of drug-likeness (QED) is 0.364. The van der Waals surface area contributed by atoms with E-state index in [9.17, 15) is 4.79 Å². The summed E-state index contributed by atoms with van der Waals surface area (Å²) in [5.41, 5.74) is 3.66. The number of benzene rings is 2. The van der Waals surface area contributed by atoms with Crippen LogP contribution in [0.3, 0.4) is 0 Å². The van der Waals surface area contributed by atoms with E-state index in [0.29, 0.717) is 34.4 Å². The van der Waals surface area contributed by atoms with E-state index in [1.807, 2.05) is 59.2 Å². The van der Waals surface area contributed by atoms with Crippen LogP contribution in [0.1, 0.15) is 6.92 Å². The number of anilines is 5. The van der Waals surface area contributed by atoms with Gasteiger partial charge in [0.15, 0.2) is 17.0 Å². The van der Waals surface area contributed by atoms with Crippen LogP contribution in [0.25, 0.3) is 16.9 Å². The molecule has 0 aliphatic carbocycles. The van der Waals surface area contributed by atoms with E-state index < -0.39 is 0 Å². The van der Waals surface area contributed by atoms with Crippen LogP contribution < -0.4 is 16.0 Å². The lowest BCUT2D eigenvalue weighted by atomic mass is 10.2. The molecule has 0 spiro atoms. The van der Waals surface area contributed by atoms with Crippen molar-refractivity contribution in [3.8, 4) is 5.69 Å². The summed E-state index contributed by atoms with van der Waals surface area (Å²) in [5, 5.41) is 9.18. The number of hydrogen-bond acceptors (Lipinski definition) is 8. The third kappa shape index (κ3) is 4.44. The Morgan fingerprint density at radius 1 is 0.879 bits per heavy atom. The average Bonchev–Trinajstić information content (AvgIpc) is 3.26. The lowest BCUT2D eigenvalue weighted by Crippen LogP contribution is -2.06. The van der Waals surface area contributed by atoms with Gasteiger partial charge in [-0.1, -0.05) is 18.2 Å². The smallest absolute Gasteiger partial charge is 0.232 e. The molecule has 1 amide bonds. The van der Waals surface area contributed by atoms with Crippen molar-refractivity contribution in [2.75, 3.05) is 16.0 Å². The predicted molar refractivity (Wildman–Crippen MR) is 126 cm³/mol. The van der Waals surface area contributed by atoms with Crippen LogP contribution in [0, 0.1) is 0 Å². The minimum Gasteiger partial charge on any atom is -0.338 e. The molecule has 0 radical (unpaired) electrons. The third-order valence-corrected chi connectivity index (χ3v) is 4.72. The van der Waals surface area contributed by atoms with Gasteiger partial charge < -0.3 is 16.0 Å². The Morgan fingerprint density at radius 3 is 2.39 bits per heavy atom. The molecule has 0 saturated carbocycles. The zero-order valence-corrected chi connectivity index (χ0v) is 17.6. The first-order valence-electron chi connectivity index (χ1n) is 10.1. The summed E-state index contributed by atoms with van der Waals surface area (Å²) < 4.78 is 1.90. The second-order valence-corrected chi connectivity index (χ2v) is 7.12. The van der Waals surface area contributed by atoms with Gasteiger partial charge in [-0.25, -0.2) is 15.0 Å². The van der Waals surface area contributed by atoms with Crippen LogP contribution in [0.4, 0.5) is 29.0 Å². The van der Waals surface area contributed by atoms with Crippen LogP contribution in [0.5, 0.6) is 0 Å². The van der Waals surface area contributed by atoms with Crippen molar-refractivity contribution in [1.82, 2.24) is 29.5 Å². The molecule has 5 rings (SSSR count). The molecule has 0 fully saturated rings. The van der Waals surface area contributed by atoms with E-state index in [1.165, 1.54) is 13.3 Å². The maximum Gasteiger partial charge on any atom is 0.232 e. The molecule has 0 aliphatic rings. The molecule has 0 bridgehead atoms. The number of rotatable bonds is 6. The molecule has 3 heterocycles. The first-order valence-corrected chi connectivity index (χ1v) is 10.1. The molecule has 162 valence electrons. The van der Waals surface area contributed by atoms with Gasteiger partial charge in [-0.3, -0.25) is 9.36 Å². The number of nitrogens with one attached hydrogen (secondary N) is 3. The molecule has 10 nitrogen and oxygen atoms in total. The summed E-state index contributed by atoms with van der Waals surface area (Å²) in [4.78, 5) is 33.3. The van der Waals surface area contributed by atoms with Crippen molar-refractivity contribution < 1.29 is 4.79 Å². The van der Waals surface area contributed by atoms with Gasteiger partial charge in [0.1, 0.15) is 18.5 Å². The van der Waals surface area contributed by atoms with Crippen molar-refractivity contribution >= 4 is 46.0 Å². The summed E-state index contributed by atoms with van der Waals surface area (Å²) in [6.07, 6.45) is 4.80. The van der Waals surface area contributed by atoms with Crippen molar-refractivity contribution in [1.29, 1.82) is 0 Å². The number of hydrogen-bond donors (Lipinski definition) is 3. The lowest BCUT2D eigenvalue weighted by molar-refractivity contribution is -0.114. The molecule has 0 atom stereocenters. The first-order chi connectivity index (χ1) is 16.2. The zero-order valence-electron chi connectivity index (χ0n) is 17.6. The summed E-state index contributed by atoms with van der Waals surface area (Å²) in [7, 11) is 0. The van der Waals surface area contributed by atoms with Gasteiger partial charge in [0.05, 0.1) is 0 Å². The van der Waals surface area contributed by atoms with E-state index in [2.05, 4.69) is 40.9 Å². The molecule has 2 aromatic carbocycles. The number of fused-ring (bicyclic) bond motifs is 1. The van der Waals surface area contributed by atoms with E-state index in [4.69, 9.17) is 0 Å². The largest absolute Gasteiger partial charge is 0.338 e. The van der Waals surface area contributed by atoms with E-state index in [0.717, 1.165) is 11.4 Å². The van der Waals surface area contributed by atoms with Crippen molar-refractivity contribution in [2.24, 2.45) is 0 Å². The number of nitrogens with zero attached hydrogens (tertiary/aromatic N) is 6. The number of aromatic nitrogens is 6. The lowest BCUT2D eigenvalue weighted by Gasteiger charge is -2.11. The molecule has 5 aromatic rings. The topological polar surface area (TPSA) is 123 Å². The second-order valence-electron chi connectivity index (χ2n) is 7.12. The molecule has 3 aromatic heterocycles. The predicted octanol–water partition coefficient (Wildman–Crippen LogP) is 4.05. The van der Waals surface area contributed by atoms with Gasteiger partial charge in [0, 0.05) is 30.2 Å². The average molecular weight is 437 g/mol. The highest BCUT2D eigenvalue weighted by Crippen LogP contribution is 2.27. The molecule has 3 N–H and O–H groups in total. The van der Waals surface area contributed by atoms with Gasteiger partial charge in [0.2, 0.25) is 11.9 Å². The highest BCUT2D eigenvalue weighted by molar-refractivity contribution is 5.90. The number of para-hydroxylation sites is 1. The minimum absolute atomic E-state index is 0.125. The fourth-order valence-corrected chi connectivity index (χ4v) is 3.28. The fraction of sp³-hybridized carbons (Fsp3) is 0.0435. The minimum atomic E-state index is -0.125. The Hall–Kier alpha value is -4.86. The standard InChI is InChI=1S/C23H19N9O/c1-15(33)27-16-7-9-17(10-8-16)28-21-20-22(32(14-26-20)18-5-3-2-4-6-18)31-23(30-21)29-19-11-12-24-13-25-19/h2-14H,1H3,(H,27,33)(H2,24,25,28,29,30,31). The second kappa shape index (κ2) is 8.71. The van der Waals surface area contributed by atoms with Gasteiger partial charge >= 0.3 is 0 Å². The maximum absolute atomic E-state index is 11.3. The van der Waals surface area contributed by atoms with Crippen molar-refractivity contribution in [3.05, 3.63) is 79.5 Å². The summed E-state index contributed by atoms with van der Waals surface area (Å²) >= 11 is 0. The van der Waals surface area contributed by atoms with Gasteiger partial charge in [-0.05, 0) is 42.5 Å². The molecule has 0 aliphatic heterocycles. The van der Waals surface area contributed by atoms with Crippen LogP contribution in [-0.2, 0) is 4.79 Å². The Kier molecular flexibility index (Phi) is 5.30. The molecule has 0 saturated heterocycles. The van der Waals surface area contributed by atoms with Crippen LogP contribution >= 0.6 is 0 Å². The Balaban J connectivity index is 1.56. The van der Waals surface area contributed by atoms with E-state index in [-0.39, 0.29) is 5.91 Å². The SMILES string of the molecule is CC(=O)Nc1ccc(Nc2nc(Nc3ccncn3)nc3c2ncn3-c2ccccc2)cc1. The molecular weight excluding hydrogens is 418 g/mol. The molecule has 33 heavy (non-hydrogen) atoms. The van der Waals surface area contributed by atoms with Gasteiger partial charge in [-0.15, -0.1) is 0 Å². The molecule has 0 unspecified atom stereocenters. The van der Waals surface area contributed by atoms with Gasteiger partial charge in [0.25, 0.3) is 0 Å². The fourth-order valence-electron chi connectivity index (χ4n) is 3.28. The Labute approximate surface area is 188 Å². The first kappa shape index (κ1) is 20.1. The number of amides is 1. The molecule has 10 heteroatoms.